The van der Waals surface area contributed by atoms with Gasteiger partial charge < -0.3 is 9.47 Å². The third-order valence-corrected chi connectivity index (χ3v) is 2.92. The molecule has 0 saturated heterocycles. The lowest BCUT2D eigenvalue weighted by atomic mass is 9.98. The van der Waals surface area contributed by atoms with Crippen LogP contribution in [0.2, 0.25) is 0 Å². The number of hydrogen-bond acceptors (Lipinski definition) is 6. The van der Waals surface area contributed by atoms with Crippen molar-refractivity contribution in [3.8, 4) is 5.75 Å². The molecule has 0 aliphatic heterocycles. The summed E-state index contributed by atoms with van der Waals surface area (Å²) in [4.78, 5) is 22.3. The van der Waals surface area contributed by atoms with E-state index in [0.717, 1.165) is 5.56 Å². The van der Waals surface area contributed by atoms with Crippen molar-refractivity contribution in [2.75, 3.05) is 11.5 Å². The monoisotopic (exact) mass is 300 g/mol. The van der Waals surface area contributed by atoms with E-state index in [1.54, 1.807) is 38.1 Å². The molecule has 4 nitrogen and oxygen atoms in total. The molecule has 0 spiro atoms. The zero-order valence-electron chi connectivity index (χ0n) is 10.8. The second kappa shape index (κ2) is 6.86. The molecule has 0 aliphatic carbocycles. The van der Waals surface area contributed by atoms with E-state index in [1.165, 1.54) is 0 Å². The van der Waals surface area contributed by atoms with Crippen molar-refractivity contribution in [2.45, 2.75) is 19.4 Å². The van der Waals surface area contributed by atoms with E-state index < -0.39 is 11.6 Å². The molecule has 1 rings (SSSR count). The highest BCUT2D eigenvalue weighted by Gasteiger charge is 2.24. The van der Waals surface area contributed by atoms with E-state index >= 15 is 0 Å². The molecule has 1 aromatic rings. The number of rotatable bonds is 5. The van der Waals surface area contributed by atoms with Gasteiger partial charge in [-0.3, -0.25) is 9.59 Å². The van der Waals surface area contributed by atoms with Crippen molar-refractivity contribution in [1.82, 2.24) is 0 Å². The highest BCUT2D eigenvalue weighted by Crippen LogP contribution is 2.26. The van der Waals surface area contributed by atoms with Crippen LogP contribution in [0.3, 0.4) is 0 Å². The van der Waals surface area contributed by atoms with Crippen LogP contribution < -0.4 is 4.74 Å². The van der Waals surface area contributed by atoms with Gasteiger partial charge in [-0.2, -0.15) is 25.3 Å². The smallest absolute Gasteiger partial charge is 0.321 e. The second-order valence-electron chi connectivity index (χ2n) is 4.30. The maximum absolute atomic E-state index is 11.3. The van der Waals surface area contributed by atoms with E-state index in [2.05, 4.69) is 25.3 Å². The van der Waals surface area contributed by atoms with Crippen molar-refractivity contribution in [1.29, 1.82) is 0 Å². The quantitative estimate of drug-likeness (QED) is 0.497. The zero-order chi connectivity index (χ0) is 14.5. The summed E-state index contributed by atoms with van der Waals surface area (Å²) < 4.78 is 10.3. The van der Waals surface area contributed by atoms with Crippen LogP contribution in [0.25, 0.3) is 0 Å². The van der Waals surface area contributed by atoms with E-state index in [9.17, 15) is 9.59 Å². The molecular formula is C13H16O4S2. The molecule has 0 heterocycles. The molecule has 0 aromatic heterocycles. The molecule has 0 radical (unpaired) electrons. The molecule has 19 heavy (non-hydrogen) atoms. The Hall–Kier alpha value is -1.14. The van der Waals surface area contributed by atoms with Crippen LogP contribution >= 0.6 is 25.3 Å². The largest absolute Gasteiger partial charge is 0.454 e. The van der Waals surface area contributed by atoms with Crippen molar-refractivity contribution in [3.05, 3.63) is 29.8 Å². The van der Waals surface area contributed by atoms with E-state index in [-0.39, 0.29) is 17.5 Å². The maximum Gasteiger partial charge on any atom is 0.321 e. The number of esters is 2. The van der Waals surface area contributed by atoms with Crippen LogP contribution in [0.4, 0.5) is 0 Å². The highest BCUT2D eigenvalue weighted by atomic mass is 32.1. The molecule has 104 valence electrons. The van der Waals surface area contributed by atoms with Gasteiger partial charge in [0.1, 0.15) is 11.4 Å². The Morgan fingerprint density at radius 3 is 2.05 bits per heavy atom. The van der Waals surface area contributed by atoms with Gasteiger partial charge in [-0.25, -0.2) is 0 Å². The Morgan fingerprint density at radius 2 is 1.58 bits per heavy atom. The Kier molecular flexibility index (Phi) is 5.75. The van der Waals surface area contributed by atoms with Crippen LogP contribution in [-0.2, 0) is 19.9 Å². The van der Waals surface area contributed by atoms with Gasteiger partial charge in [0.05, 0.1) is 11.5 Å². The maximum atomic E-state index is 11.3. The third kappa shape index (κ3) is 4.80. The average molecular weight is 300 g/mol. The molecular weight excluding hydrogens is 284 g/mol. The summed E-state index contributed by atoms with van der Waals surface area (Å²) in [5, 5.41) is 0. The van der Waals surface area contributed by atoms with E-state index in [4.69, 9.17) is 9.47 Å². The number of carbonyl (C=O) groups is 2. The standard InChI is InChI=1S/C13H16O4S2/c1-13(2,17-12(15)8-19)9-3-5-10(6-4-9)16-11(14)7-18/h3-6,18-19H,7-8H2,1-2H3. The molecule has 0 bridgehead atoms. The molecule has 0 aliphatic rings. The van der Waals surface area contributed by atoms with Gasteiger partial charge >= 0.3 is 11.9 Å². The number of hydrogen-bond donors (Lipinski definition) is 2. The van der Waals surface area contributed by atoms with Gasteiger partial charge in [-0.15, -0.1) is 0 Å². The fraction of sp³-hybridized carbons (Fsp3) is 0.385. The summed E-state index contributed by atoms with van der Waals surface area (Å²) in [6.45, 7) is 3.56. The Morgan fingerprint density at radius 1 is 1.05 bits per heavy atom. The lowest BCUT2D eigenvalue weighted by molar-refractivity contribution is -0.153. The normalized spacial score (nSPS) is 10.9. The predicted molar refractivity (Wildman–Crippen MR) is 78.9 cm³/mol. The summed E-state index contributed by atoms with van der Waals surface area (Å²) in [5.74, 6) is -0.330. The summed E-state index contributed by atoms with van der Waals surface area (Å²) in [7, 11) is 0. The molecule has 0 unspecified atom stereocenters. The topological polar surface area (TPSA) is 52.6 Å². The number of thiol groups is 2. The lowest BCUT2D eigenvalue weighted by Gasteiger charge is -2.25. The first-order chi connectivity index (χ1) is 8.89. The SMILES string of the molecule is CC(C)(OC(=O)CS)c1ccc(OC(=O)CS)cc1. The molecule has 1 aromatic carbocycles. The summed E-state index contributed by atoms with van der Waals surface area (Å²) in [6, 6.07) is 6.78. The van der Waals surface area contributed by atoms with Crippen molar-refractivity contribution >= 4 is 37.2 Å². The van der Waals surface area contributed by atoms with Crippen LogP contribution in [0, 0.1) is 0 Å². The third-order valence-electron chi connectivity index (χ3n) is 2.41. The average Bonchev–Trinajstić information content (AvgIpc) is 2.38. The van der Waals surface area contributed by atoms with Gasteiger partial charge in [0.2, 0.25) is 0 Å². The van der Waals surface area contributed by atoms with Gasteiger partial charge in [-0.1, -0.05) is 12.1 Å². The Balaban J connectivity index is 2.80. The van der Waals surface area contributed by atoms with E-state index in [0.29, 0.717) is 5.75 Å². The van der Waals surface area contributed by atoms with Crippen molar-refractivity contribution in [3.63, 3.8) is 0 Å². The molecule has 0 amide bonds. The zero-order valence-corrected chi connectivity index (χ0v) is 12.5. The molecule has 0 fully saturated rings. The first-order valence-electron chi connectivity index (χ1n) is 5.64. The van der Waals surface area contributed by atoms with Crippen molar-refractivity contribution in [2.24, 2.45) is 0 Å². The second-order valence-corrected chi connectivity index (χ2v) is 4.93. The highest BCUT2D eigenvalue weighted by molar-refractivity contribution is 7.81. The van der Waals surface area contributed by atoms with Gasteiger partial charge in [0.25, 0.3) is 0 Å². The number of carbonyl (C=O) groups excluding carboxylic acids is 2. The van der Waals surface area contributed by atoms with Crippen LogP contribution in [0.1, 0.15) is 19.4 Å². The minimum atomic E-state index is -0.758. The van der Waals surface area contributed by atoms with Gasteiger partial charge in [-0.05, 0) is 31.5 Å². The summed E-state index contributed by atoms with van der Waals surface area (Å²) in [5.41, 5.74) is 0.0413. The van der Waals surface area contributed by atoms with Crippen LogP contribution in [0.5, 0.6) is 5.75 Å². The van der Waals surface area contributed by atoms with Crippen LogP contribution in [-0.4, -0.2) is 23.4 Å². The molecule has 0 saturated carbocycles. The van der Waals surface area contributed by atoms with E-state index in [1.807, 2.05) is 0 Å². The van der Waals surface area contributed by atoms with Crippen molar-refractivity contribution < 1.29 is 19.1 Å². The fourth-order valence-electron chi connectivity index (χ4n) is 1.46. The number of ether oxygens (including phenoxy) is 2. The minimum Gasteiger partial charge on any atom is -0.454 e. The first-order valence-corrected chi connectivity index (χ1v) is 6.90. The fourth-order valence-corrected chi connectivity index (χ4v) is 1.59. The molecule has 6 heteroatoms. The molecule has 0 atom stereocenters. The lowest BCUT2D eigenvalue weighted by Crippen LogP contribution is -2.26. The summed E-state index contributed by atoms with van der Waals surface area (Å²) >= 11 is 7.69. The Labute approximate surface area is 123 Å². The Bertz CT molecular complexity index is 454. The van der Waals surface area contributed by atoms with Gasteiger partial charge in [0.15, 0.2) is 0 Å². The molecule has 0 N–H and O–H groups in total. The van der Waals surface area contributed by atoms with Crippen LogP contribution in [0.15, 0.2) is 24.3 Å². The van der Waals surface area contributed by atoms with Gasteiger partial charge in [0, 0.05) is 0 Å². The number of benzene rings is 1. The first kappa shape index (κ1) is 15.9. The summed E-state index contributed by atoms with van der Waals surface area (Å²) in [6.07, 6.45) is 0. The minimum absolute atomic E-state index is 0.0206. The predicted octanol–water partition coefficient (Wildman–Crippen LogP) is 2.23.